The van der Waals surface area contributed by atoms with Gasteiger partial charge in [-0.1, -0.05) is 12.1 Å². The van der Waals surface area contributed by atoms with E-state index in [1.807, 2.05) is 38.1 Å². The molecule has 8 heteroatoms. The predicted octanol–water partition coefficient (Wildman–Crippen LogP) is 1.90. The van der Waals surface area contributed by atoms with Gasteiger partial charge in [0, 0.05) is 49.3 Å². The van der Waals surface area contributed by atoms with Crippen LogP contribution in [0.25, 0.3) is 11.3 Å². The molecule has 1 aliphatic rings. The first-order valence-electron chi connectivity index (χ1n) is 9.39. The van der Waals surface area contributed by atoms with Crippen molar-refractivity contribution < 1.29 is 9.59 Å². The smallest absolute Gasteiger partial charge is 0.253 e. The number of nitrogens with two attached hydrogens (primary N) is 1. The van der Waals surface area contributed by atoms with Gasteiger partial charge in [-0.25, -0.2) is 4.98 Å². The molecule has 3 rings (SSSR count). The molecule has 2 aromatic rings. The normalized spacial score (nSPS) is 16.3. The van der Waals surface area contributed by atoms with Crippen LogP contribution in [0.3, 0.4) is 0 Å². The monoisotopic (exact) mass is 382 g/mol. The molecule has 148 valence electrons. The number of benzene rings is 1. The minimum absolute atomic E-state index is 0.0101. The molecule has 0 aliphatic carbocycles. The molecule has 2 heterocycles. The van der Waals surface area contributed by atoms with E-state index in [1.165, 1.54) is 6.92 Å². The fourth-order valence-corrected chi connectivity index (χ4v) is 3.33. The van der Waals surface area contributed by atoms with Gasteiger partial charge in [-0.3, -0.25) is 9.59 Å². The lowest BCUT2D eigenvalue weighted by molar-refractivity contribution is -0.119. The third kappa shape index (κ3) is 4.76. The third-order valence-corrected chi connectivity index (χ3v) is 4.47. The summed E-state index contributed by atoms with van der Waals surface area (Å²) in [5.74, 6) is 0.688. The second-order valence-electron chi connectivity index (χ2n) is 7.31. The molecule has 0 saturated carbocycles. The van der Waals surface area contributed by atoms with Gasteiger partial charge in [0.15, 0.2) is 0 Å². The minimum Gasteiger partial charge on any atom is -0.368 e. The van der Waals surface area contributed by atoms with Crippen molar-refractivity contribution in [2.45, 2.75) is 39.3 Å². The number of carbonyl (C=O) groups is 2. The van der Waals surface area contributed by atoms with Gasteiger partial charge >= 0.3 is 0 Å². The molecule has 2 amide bonds. The first-order chi connectivity index (χ1) is 13.3. The second kappa shape index (κ2) is 8.24. The summed E-state index contributed by atoms with van der Waals surface area (Å²) in [6.07, 6.45) is 0.762. The van der Waals surface area contributed by atoms with E-state index >= 15 is 0 Å². The minimum atomic E-state index is -0.0755. The van der Waals surface area contributed by atoms with Crippen LogP contribution in [0.15, 0.2) is 30.3 Å². The number of carbonyl (C=O) groups excluding carboxylic acids is 2. The van der Waals surface area contributed by atoms with Crippen molar-refractivity contribution >= 4 is 23.6 Å². The average molecular weight is 382 g/mol. The van der Waals surface area contributed by atoms with Crippen LogP contribution < -0.4 is 16.4 Å². The summed E-state index contributed by atoms with van der Waals surface area (Å²) >= 11 is 0. The lowest BCUT2D eigenvalue weighted by Gasteiger charge is -2.17. The van der Waals surface area contributed by atoms with Crippen molar-refractivity contribution in [3.8, 4) is 11.3 Å². The Kier molecular flexibility index (Phi) is 5.77. The Bertz CT molecular complexity index is 883. The number of rotatable bonds is 5. The lowest BCUT2D eigenvalue weighted by Crippen LogP contribution is -2.37. The van der Waals surface area contributed by atoms with Gasteiger partial charge in [0.05, 0.1) is 5.69 Å². The van der Waals surface area contributed by atoms with Gasteiger partial charge in [-0.2, -0.15) is 4.98 Å². The maximum atomic E-state index is 12.9. The fraction of sp³-hybridized carbons (Fsp3) is 0.400. The van der Waals surface area contributed by atoms with Crippen LogP contribution in [0.1, 0.15) is 37.6 Å². The standard InChI is InChI=1S/C20H26N6O2/c1-12(2)22-18-10-17(24-20(21)25-18)14-5-4-6-15(9-14)19(28)26-8-7-16(11-26)23-13(3)27/h4-6,9-10,12,16H,7-8,11H2,1-3H3,(H,23,27)(H3,21,22,24,25). The zero-order valence-corrected chi connectivity index (χ0v) is 16.4. The molecule has 4 N–H and O–H groups in total. The highest BCUT2D eigenvalue weighted by atomic mass is 16.2. The Hall–Kier alpha value is -3.16. The zero-order valence-electron chi connectivity index (χ0n) is 16.4. The largest absolute Gasteiger partial charge is 0.368 e. The maximum Gasteiger partial charge on any atom is 0.253 e. The molecule has 1 aliphatic heterocycles. The quantitative estimate of drug-likeness (QED) is 0.728. The van der Waals surface area contributed by atoms with Crippen LogP contribution in [0.5, 0.6) is 0 Å². The first kappa shape index (κ1) is 19.6. The highest BCUT2D eigenvalue weighted by Gasteiger charge is 2.27. The van der Waals surface area contributed by atoms with Crippen LogP contribution >= 0.6 is 0 Å². The summed E-state index contributed by atoms with van der Waals surface area (Å²) in [6, 6.07) is 9.37. The third-order valence-electron chi connectivity index (χ3n) is 4.47. The molecule has 1 atom stereocenters. The Labute approximate surface area is 164 Å². The summed E-state index contributed by atoms with van der Waals surface area (Å²) in [6.45, 7) is 6.66. The highest BCUT2D eigenvalue weighted by molar-refractivity contribution is 5.95. The molecule has 28 heavy (non-hydrogen) atoms. The molecule has 0 spiro atoms. The van der Waals surface area contributed by atoms with Crippen LogP contribution in [-0.2, 0) is 4.79 Å². The van der Waals surface area contributed by atoms with E-state index in [4.69, 9.17) is 5.73 Å². The van der Waals surface area contributed by atoms with Gasteiger partial charge in [-0.15, -0.1) is 0 Å². The van der Waals surface area contributed by atoms with Crippen LogP contribution in [0.4, 0.5) is 11.8 Å². The number of likely N-dealkylation sites (tertiary alicyclic amines) is 1. The Morgan fingerprint density at radius 1 is 1.25 bits per heavy atom. The van der Waals surface area contributed by atoms with E-state index in [9.17, 15) is 9.59 Å². The molecule has 1 aromatic carbocycles. The van der Waals surface area contributed by atoms with Crippen molar-refractivity contribution in [2.75, 3.05) is 24.1 Å². The number of amides is 2. The average Bonchev–Trinajstić information content (AvgIpc) is 3.08. The Morgan fingerprint density at radius 2 is 2.04 bits per heavy atom. The molecule has 1 unspecified atom stereocenters. The molecule has 0 bridgehead atoms. The van der Waals surface area contributed by atoms with E-state index in [2.05, 4.69) is 20.6 Å². The highest BCUT2D eigenvalue weighted by Crippen LogP contribution is 2.23. The summed E-state index contributed by atoms with van der Waals surface area (Å²) in [5, 5.41) is 6.09. The van der Waals surface area contributed by atoms with Crippen molar-refractivity contribution in [2.24, 2.45) is 0 Å². The molecular weight excluding hydrogens is 356 g/mol. The first-order valence-corrected chi connectivity index (χ1v) is 9.39. The summed E-state index contributed by atoms with van der Waals surface area (Å²) in [4.78, 5) is 34.4. The van der Waals surface area contributed by atoms with Gasteiger partial charge in [0.2, 0.25) is 11.9 Å². The van der Waals surface area contributed by atoms with Crippen LogP contribution in [-0.4, -0.2) is 51.9 Å². The number of nitrogens with one attached hydrogen (secondary N) is 2. The second-order valence-corrected chi connectivity index (χ2v) is 7.31. The topological polar surface area (TPSA) is 113 Å². The van der Waals surface area contributed by atoms with Crippen molar-refractivity contribution in [1.82, 2.24) is 20.2 Å². The molecule has 1 aromatic heterocycles. The molecular formula is C20H26N6O2. The maximum absolute atomic E-state index is 12.9. The Morgan fingerprint density at radius 3 is 2.75 bits per heavy atom. The summed E-state index contributed by atoms with van der Waals surface area (Å²) < 4.78 is 0. The summed E-state index contributed by atoms with van der Waals surface area (Å²) in [7, 11) is 0. The molecule has 1 fully saturated rings. The van der Waals surface area contributed by atoms with E-state index in [0.717, 1.165) is 12.0 Å². The van der Waals surface area contributed by atoms with Gasteiger partial charge in [0.25, 0.3) is 5.91 Å². The number of nitrogen functional groups attached to an aromatic ring is 1. The molecule has 0 radical (unpaired) electrons. The predicted molar refractivity (Wildman–Crippen MR) is 109 cm³/mol. The number of hydrogen-bond acceptors (Lipinski definition) is 6. The number of nitrogens with zero attached hydrogens (tertiary/aromatic N) is 3. The number of aromatic nitrogens is 2. The lowest BCUT2D eigenvalue weighted by atomic mass is 10.1. The molecule has 8 nitrogen and oxygen atoms in total. The van der Waals surface area contributed by atoms with Gasteiger partial charge in [-0.05, 0) is 32.4 Å². The van der Waals surface area contributed by atoms with Gasteiger partial charge < -0.3 is 21.3 Å². The van der Waals surface area contributed by atoms with Gasteiger partial charge in [0.1, 0.15) is 5.82 Å². The SMILES string of the molecule is CC(=O)NC1CCN(C(=O)c2cccc(-c3cc(NC(C)C)nc(N)n3)c2)C1. The van der Waals surface area contributed by atoms with E-state index < -0.39 is 0 Å². The van der Waals surface area contributed by atoms with Crippen molar-refractivity contribution in [3.05, 3.63) is 35.9 Å². The zero-order chi connectivity index (χ0) is 20.3. The summed E-state index contributed by atoms with van der Waals surface area (Å²) in [5.41, 5.74) is 7.88. The van der Waals surface area contributed by atoms with Crippen LogP contribution in [0, 0.1) is 0 Å². The molecule has 1 saturated heterocycles. The van der Waals surface area contributed by atoms with E-state index in [-0.39, 0.29) is 29.8 Å². The number of anilines is 2. The van der Waals surface area contributed by atoms with Crippen molar-refractivity contribution in [1.29, 1.82) is 0 Å². The van der Waals surface area contributed by atoms with Crippen LogP contribution in [0.2, 0.25) is 0 Å². The van der Waals surface area contributed by atoms with Crippen molar-refractivity contribution in [3.63, 3.8) is 0 Å². The Balaban J connectivity index is 1.80. The van der Waals surface area contributed by atoms with E-state index in [0.29, 0.717) is 30.2 Å². The van der Waals surface area contributed by atoms with E-state index in [1.54, 1.807) is 11.0 Å². The number of hydrogen-bond donors (Lipinski definition) is 3. The fourth-order valence-electron chi connectivity index (χ4n) is 3.33.